The second-order valence-corrected chi connectivity index (χ2v) is 10.3. The van der Waals surface area contributed by atoms with Crippen molar-refractivity contribution in [3.63, 3.8) is 0 Å². The number of carboxylic acids is 2. The lowest BCUT2D eigenvalue weighted by molar-refractivity contribution is -0.140. The predicted molar refractivity (Wildman–Crippen MR) is 145 cm³/mol. The van der Waals surface area contributed by atoms with Crippen molar-refractivity contribution in [1.29, 1.82) is 0 Å². The molecular formula is C27H30N6O8. The third-order valence-corrected chi connectivity index (χ3v) is 5.88. The zero-order valence-corrected chi connectivity index (χ0v) is 22.6. The van der Waals surface area contributed by atoms with E-state index in [1.54, 1.807) is 39.0 Å². The van der Waals surface area contributed by atoms with Gasteiger partial charge in [0, 0.05) is 36.7 Å². The largest absolute Gasteiger partial charge is 0.493 e. The summed E-state index contributed by atoms with van der Waals surface area (Å²) in [6.45, 7) is 5.46. The van der Waals surface area contributed by atoms with Crippen molar-refractivity contribution < 1.29 is 39.3 Å². The van der Waals surface area contributed by atoms with Crippen LogP contribution in [0.4, 0.5) is 5.95 Å². The van der Waals surface area contributed by atoms with E-state index in [2.05, 4.69) is 25.6 Å². The summed E-state index contributed by atoms with van der Waals surface area (Å²) in [5.74, 6) is -3.98. The summed E-state index contributed by atoms with van der Waals surface area (Å²) in [7, 11) is 0. The Balaban J connectivity index is 1.67. The van der Waals surface area contributed by atoms with Gasteiger partial charge in [-0.2, -0.15) is 9.97 Å². The van der Waals surface area contributed by atoms with E-state index in [0.29, 0.717) is 17.5 Å². The molecule has 0 spiro atoms. The van der Waals surface area contributed by atoms with E-state index in [1.807, 2.05) is 0 Å². The summed E-state index contributed by atoms with van der Waals surface area (Å²) in [6.07, 6.45) is 1.45. The molecule has 5 N–H and O–H groups in total. The number of benzene rings is 1. The fourth-order valence-corrected chi connectivity index (χ4v) is 3.60. The Labute approximate surface area is 234 Å². The highest BCUT2D eigenvalue weighted by atomic mass is 16.4. The van der Waals surface area contributed by atoms with Crippen LogP contribution in [0.15, 0.2) is 36.5 Å². The summed E-state index contributed by atoms with van der Waals surface area (Å²) in [6, 6.07) is 6.37. The SMILES string of the molecule is CC(C)(C)C(=O)Nc1nc(O)c2cc(CN(C=O)Cc3ccc(C(=O)N[C@@H](CCC(=O)O)C(=O)O)cc3)cnc2n1. The van der Waals surface area contributed by atoms with Gasteiger partial charge < -0.3 is 25.5 Å². The molecule has 0 aliphatic carbocycles. The monoisotopic (exact) mass is 566 g/mol. The van der Waals surface area contributed by atoms with Gasteiger partial charge in [-0.3, -0.25) is 24.5 Å². The number of hydrogen-bond donors (Lipinski definition) is 5. The maximum Gasteiger partial charge on any atom is 0.326 e. The van der Waals surface area contributed by atoms with E-state index in [1.165, 1.54) is 23.2 Å². The van der Waals surface area contributed by atoms with Gasteiger partial charge in [-0.1, -0.05) is 32.9 Å². The lowest BCUT2D eigenvalue weighted by atomic mass is 9.96. The van der Waals surface area contributed by atoms with Gasteiger partial charge in [0.05, 0.1) is 5.39 Å². The van der Waals surface area contributed by atoms with E-state index in [9.17, 15) is 34.2 Å². The third kappa shape index (κ3) is 8.42. The fraction of sp³-hybridized carbons (Fsp3) is 0.333. The minimum atomic E-state index is -1.35. The molecule has 3 amide bonds. The average molecular weight is 567 g/mol. The number of carbonyl (C=O) groups is 5. The number of fused-ring (bicyclic) bond motifs is 1. The number of anilines is 1. The van der Waals surface area contributed by atoms with Crippen LogP contribution >= 0.6 is 0 Å². The molecule has 0 saturated heterocycles. The van der Waals surface area contributed by atoms with Crippen LogP contribution in [0, 0.1) is 5.41 Å². The average Bonchev–Trinajstić information content (AvgIpc) is 2.90. The molecule has 1 aromatic carbocycles. The Bertz CT molecular complexity index is 1470. The van der Waals surface area contributed by atoms with Crippen molar-refractivity contribution in [1.82, 2.24) is 25.2 Å². The second-order valence-electron chi connectivity index (χ2n) is 10.3. The molecule has 0 aliphatic rings. The highest BCUT2D eigenvalue weighted by Crippen LogP contribution is 2.24. The van der Waals surface area contributed by atoms with Crippen molar-refractivity contribution >= 4 is 47.1 Å². The molecule has 3 rings (SSSR count). The van der Waals surface area contributed by atoms with Crippen molar-refractivity contribution in [2.45, 2.75) is 52.7 Å². The normalized spacial score (nSPS) is 11.9. The second kappa shape index (κ2) is 12.8. The molecule has 41 heavy (non-hydrogen) atoms. The lowest BCUT2D eigenvalue weighted by Gasteiger charge is -2.18. The number of amides is 3. The fourth-order valence-electron chi connectivity index (χ4n) is 3.60. The number of nitrogens with one attached hydrogen (secondary N) is 2. The number of rotatable bonds is 12. The van der Waals surface area contributed by atoms with Gasteiger partial charge in [0.25, 0.3) is 5.91 Å². The van der Waals surface area contributed by atoms with Crippen LogP contribution in [-0.4, -0.2) is 71.4 Å². The summed E-state index contributed by atoms with van der Waals surface area (Å²) >= 11 is 0. The Hall–Kier alpha value is -5.14. The molecule has 0 aliphatic heterocycles. The van der Waals surface area contributed by atoms with Crippen LogP contribution in [0.25, 0.3) is 11.0 Å². The van der Waals surface area contributed by atoms with Gasteiger partial charge in [-0.15, -0.1) is 0 Å². The number of carboxylic acid groups (broad SMARTS) is 2. The Morgan fingerprint density at radius 1 is 1.02 bits per heavy atom. The summed E-state index contributed by atoms with van der Waals surface area (Å²) in [5.41, 5.74) is 0.883. The highest BCUT2D eigenvalue weighted by molar-refractivity contribution is 5.96. The van der Waals surface area contributed by atoms with Gasteiger partial charge in [0.2, 0.25) is 24.1 Å². The Kier molecular flexibility index (Phi) is 9.50. The van der Waals surface area contributed by atoms with Crippen LogP contribution in [0.1, 0.15) is 55.1 Å². The summed E-state index contributed by atoms with van der Waals surface area (Å²) < 4.78 is 0. The molecule has 2 aromatic heterocycles. The molecule has 3 aromatic rings. The first-order chi connectivity index (χ1) is 19.3. The van der Waals surface area contributed by atoms with Crippen LogP contribution in [0.5, 0.6) is 5.88 Å². The molecule has 0 saturated carbocycles. The Morgan fingerprint density at radius 2 is 1.68 bits per heavy atom. The molecule has 14 heteroatoms. The van der Waals surface area contributed by atoms with Crippen molar-refractivity contribution in [2.24, 2.45) is 5.41 Å². The number of hydrogen-bond acceptors (Lipinski definition) is 9. The number of aromatic hydroxyl groups is 1. The van der Waals surface area contributed by atoms with Gasteiger partial charge in [0.15, 0.2) is 5.65 Å². The predicted octanol–water partition coefficient (Wildman–Crippen LogP) is 1.92. The van der Waals surface area contributed by atoms with Gasteiger partial charge in [0.1, 0.15) is 6.04 Å². The highest BCUT2D eigenvalue weighted by Gasteiger charge is 2.23. The molecule has 0 bridgehead atoms. The number of pyridine rings is 1. The van der Waals surface area contributed by atoms with Crippen molar-refractivity contribution in [3.8, 4) is 5.88 Å². The zero-order valence-electron chi connectivity index (χ0n) is 22.6. The van der Waals surface area contributed by atoms with Gasteiger partial charge in [-0.25, -0.2) is 9.78 Å². The first-order valence-corrected chi connectivity index (χ1v) is 12.5. The molecule has 2 heterocycles. The van der Waals surface area contributed by atoms with Gasteiger partial charge in [-0.05, 0) is 35.7 Å². The van der Waals surface area contributed by atoms with E-state index >= 15 is 0 Å². The number of carbonyl (C=O) groups excluding carboxylic acids is 3. The van der Waals surface area contributed by atoms with Crippen LogP contribution in [-0.2, 0) is 32.3 Å². The molecule has 1 atom stereocenters. The Morgan fingerprint density at radius 3 is 2.27 bits per heavy atom. The first kappa shape index (κ1) is 30.4. The number of aliphatic carboxylic acids is 2. The number of nitrogens with zero attached hydrogens (tertiary/aromatic N) is 4. The van der Waals surface area contributed by atoms with E-state index in [0.717, 1.165) is 0 Å². The number of aromatic nitrogens is 3. The first-order valence-electron chi connectivity index (χ1n) is 12.5. The standard InChI is InChI=1S/C27H30N6O8/c1-27(2,3)25(41)32-26-30-21-18(23(38)31-26)10-16(11-28-21)13-33(14-34)12-15-4-6-17(7-5-15)22(37)29-19(24(39)40)8-9-20(35)36/h4-7,10-11,14,19H,8-9,12-13H2,1-3H3,(H,29,37)(H,35,36)(H,39,40)(H2,28,30,31,32,38,41)/t19-/m0/s1. The smallest absolute Gasteiger partial charge is 0.326 e. The third-order valence-electron chi connectivity index (χ3n) is 5.88. The van der Waals surface area contributed by atoms with Gasteiger partial charge >= 0.3 is 11.9 Å². The van der Waals surface area contributed by atoms with Crippen molar-refractivity contribution in [2.75, 3.05) is 5.32 Å². The minimum absolute atomic E-state index is 0.0828. The molecule has 216 valence electrons. The van der Waals surface area contributed by atoms with Crippen LogP contribution in [0.2, 0.25) is 0 Å². The van der Waals surface area contributed by atoms with E-state index < -0.39 is 35.7 Å². The molecule has 0 unspecified atom stereocenters. The summed E-state index contributed by atoms with van der Waals surface area (Å²) in [4.78, 5) is 72.2. The van der Waals surface area contributed by atoms with E-state index in [-0.39, 0.29) is 53.8 Å². The summed E-state index contributed by atoms with van der Waals surface area (Å²) in [5, 5.41) is 33.5. The van der Waals surface area contributed by atoms with Crippen LogP contribution < -0.4 is 10.6 Å². The quantitative estimate of drug-likeness (QED) is 0.200. The topological polar surface area (TPSA) is 212 Å². The van der Waals surface area contributed by atoms with Crippen LogP contribution in [0.3, 0.4) is 0 Å². The van der Waals surface area contributed by atoms with Crippen molar-refractivity contribution in [3.05, 3.63) is 53.2 Å². The molecule has 0 fully saturated rings. The lowest BCUT2D eigenvalue weighted by Crippen LogP contribution is -2.41. The maximum absolute atomic E-state index is 12.4. The maximum atomic E-state index is 12.4. The zero-order chi connectivity index (χ0) is 30.3. The minimum Gasteiger partial charge on any atom is -0.493 e. The molecule has 14 nitrogen and oxygen atoms in total. The van der Waals surface area contributed by atoms with E-state index in [4.69, 9.17) is 5.11 Å². The molecule has 0 radical (unpaired) electrons. The molecular weight excluding hydrogens is 536 g/mol.